The van der Waals surface area contributed by atoms with Crippen LogP contribution in [0.4, 0.5) is 4.79 Å². The van der Waals surface area contributed by atoms with Crippen LogP contribution in [-0.4, -0.2) is 52.6 Å². The predicted octanol–water partition coefficient (Wildman–Crippen LogP) is 1.63. The van der Waals surface area contributed by atoms with Gasteiger partial charge in [-0.05, 0) is 24.7 Å². The third-order valence-electron chi connectivity index (χ3n) is 4.33. The Balaban J connectivity index is 2.03. The minimum Gasteiger partial charge on any atom is -0.480 e. The molecule has 0 saturated carbocycles. The zero-order chi connectivity index (χ0) is 13.3. The molecule has 102 valence electrons. The number of rotatable bonds is 2. The molecule has 3 unspecified atom stereocenters. The highest BCUT2D eigenvalue weighted by atomic mass is 16.4. The topological polar surface area (TPSA) is 60.9 Å². The van der Waals surface area contributed by atoms with Gasteiger partial charge < -0.3 is 14.9 Å². The number of nitrogens with zero attached hydrogens (tertiary/aromatic N) is 2. The number of hydrogen-bond donors (Lipinski definition) is 1. The van der Waals surface area contributed by atoms with E-state index in [4.69, 9.17) is 0 Å². The zero-order valence-corrected chi connectivity index (χ0v) is 11.1. The second-order valence-corrected chi connectivity index (χ2v) is 5.53. The average molecular weight is 254 g/mol. The number of carboxylic acid groups (broad SMARTS) is 1. The molecule has 18 heavy (non-hydrogen) atoms. The Morgan fingerprint density at radius 2 is 2.00 bits per heavy atom. The van der Waals surface area contributed by atoms with Gasteiger partial charge in [-0.15, -0.1) is 0 Å². The molecule has 5 heteroatoms. The van der Waals surface area contributed by atoms with Crippen LogP contribution in [-0.2, 0) is 4.79 Å². The summed E-state index contributed by atoms with van der Waals surface area (Å²) in [6.07, 6.45) is 2.92. The first-order chi connectivity index (χ1) is 8.54. The maximum Gasteiger partial charge on any atom is 0.326 e. The van der Waals surface area contributed by atoms with Crippen LogP contribution in [0.5, 0.6) is 0 Å². The SMILES string of the molecule is CCC1CCN(C(=O)N2CCC(C)C2C(=O)O)C1. The van der Waals surface area contributed by atoms with Crippen molar-refractivity contribution in [2.75, 3.05) is 19.6 Å². The van der Waals surface area contributed by atoms with Gasteiger partial charge in [-0.25, -0.2) is 9.59 Å². The Kier molecular flexibility index (Phi) is 3.78. The highest BCUT2D eigenvalue weighted by molar-refractivity contribution is 5.83. The number of aliphatic carboxylic acids is 1. The molecule has 0 aliphatic carbocycles. The van der Waals surface area contributed by atoms with Gasteiger partial charge in [0.2, 0.25) is 0 Å². The Hall–Kier alpha value is -1.26. The van der Waals surface area contributed by atoms with E-state index in [1.807, 2.05) is 11.8 Å². The van der Waals surface area contributed by atoms with Gasteiger partial charge in [0.25, 0.3) is 0 Å². The zero-order valence-electron chi connectivity index (χ0n) is 11.1. The van der Waals surface area contributed by atoms with Gasteiger partial charge in [0.1, 0.15) is 6.04 Å². The first-order valence-corrected chi connectivity index (χ1v) is 6.83. The molecule has 2 saturated heterocycles. The van der Waals surface area contributed by atoms with Gasteiger partial charge in [-0.3, -0.25) is 0 Å². The summed E-state index contributed by atoms with van der Waals surface area (Å²) < 4.78 is 0. The molecule has 2 fully saturated rings. The summed E-state index contributed by atoms with van der Waals surface area (Å²) in [7, 11) is 0. The van der Waals surface area contributed by atoms with Gasteiger partial charge in [-0.2, -0.15) is 0 Å². The van der Waals surface area contributed by atoms with E-state index in [0.29, 0.717) is 12.5 Å². The van der Waals surface area contributed by atoms with Crippen molar-refractivity contribution in [2.45, 2.75) is 39.2 Å². The molecule has 0 aromatic rings. The molecule has 3 atom stereocenters. The Morgan fingerprint density at radius 3 is 2.56 bits per heavy atom. The second kappa shape index (κ2) is 5.16. The van der Waals surface area contributed by atoms with Crippen molar-refractivity contribution in [1.29, 1.82) is 0 Å². The van der Waals surface area contributed by atoms with E-state index in [1.165, 1.54) is 0 Å². The molecule has 0 aromatic heterocycles. The molecule has 2 heterocycles. The summed E-state index contributed by atoms with van der Waals surface area (Å²) >= 11 is 0. The largest absolute Gasteiger partial charge is 0.480 e. The number of carbonyl (C=O) groups excluding carboxylic acids is 1. The molecular formula is C13H22N2O3. The average Bonchev–Trinajstić information content (AvgIpc) is 2.93. The lowest BCUT2D eigenvalue weighted by atomic mass is 10.0. The fourth-order valence-electron chi connectivity index (χ4n) is 3.06. The fraction of sp³-hybridized carbons (Fsp3) is 0.846. The van der Waals surface area contributed by atoms with Crippen LogP contribution in [0, 0.1) is 11.8 Å². The monoisotopic (exact) mass is 254 g/mol. The van der Waals surface area contributed by atoms with E-state index in [-0.39, 0.29) is 11.9 Å². The molecule has 0 bridgehead atoms. The van der Waals surface area contributed by atoms with Crippen molar-refractivity contribution in [3.8, 4) is 0 Å². The summed E-state index contributed by atoms with van der Waals surface area (Å²) in [4.78, 5) is 27.0. The standard InChI is InChI=1S/C13H22N2O3/c1-3-10-5-6-14(8-10)13(18)15-7-4-9(2)11(15)12(16)17/h9-11H,3-8H2,1-2H3,(H,16,17). The van der Waals surface area contributed by atoms with Crippen LogP contribution < -0.4 is 0 Å². The van der Waals surface area contributed by atoms with E-state index in [0.717, 1.165) is 32.4 Å². The van der Waals surface area contributed by atoms with Crippen molar-refractivity contribution < 1.29 is 14.7 Å². The van der Waals surface area contributed by atoms with Crippen molar-refractivity contribution in [3.63, 3.8) is 0 Å². The number of amides is 2. The van der Waals surface area contributed by atoms with Crippen LogP contribution in [0.25, 0.3) is 0 Å². The highest BCUT2D eigenvalue weighted by Gasteiger charge is 2.42. The van der Waals surface area contributed by atoms with Crippen molar-refractivity contribution in [1.82, 2.24) is 9.80 Å². The summed E-state index contributed by atoms with van der Waals surface area (Å²) in [5.74, 6) is -0.243. The predicted molar refractivity (Wildman–Crippen MR) is 67.3 cm³/mol. The Morgan fingerprint density at radius 1 is 1.28 bits per heavy atom. The quantitative estimate of drug-likeness (QED) is 0.814. The molecule has 2 aliphatic rings. The molecule has 2 aliphatic heterocycles. The molecule has 0 radical (unpaired) electrons. The van der Waals surface area contributed by atoms with E-state index < -0.39 is 12.0 Å². The number of carbonyl (C=O) groups is 2. The van der Waals surface area contributed by atoms with Crippen LogP contribution in [0.1, 0.15) is 33.1 Å². The van der Waals surface area contributed by atoms with Gasteiger partial charge in [0, 0.05) is 19.6 Å². The summed E-state index contributed by atoms with van der Waals surface area (Å²) in [6, 6.07) is -0.721. The number of likely N-dealkylation sites (tertiary alicyclic amines) is 2. The molecule has 0 aromatic carbocycles. The molecule has 5 nitrogen and oxygen atoms in total. The summed E-state index contributed by atoms with van der Waals surface area (Å²) in [5, 5.41) is 9.23. The van der Waals surface area contributed by atoms with Crippen molar-refractivity contribution in [2.24, 2.45) is 11.8 Å². The third-order valence-corrected chi connectivity index (χ3v) is 4.33. The van der Waals surface area contributed by atoms with Crippen molar-refractivity contribution in [3.05, 3.63) is 0 Å². The molecule has 0 spiro atoms. The summed E-state index contributed by atoms with van der Waals surface area (Å²) in [6.45, 7) is 6.17. The minimum atomic E-state index is -0.875. The fourth-order valence-corrected chi connectivity index (χ4v) is 3.06. The third kappa shape index (κ3) is 2.31. The maximum absolute atomic E-state index is 12.4. The second-order valence-electron chi connectivity index (χ2n) is 5.53. The number of urea groups is 1. The first kappa shape index (κ1) is 13.2. The van der Waals surface area contributed by atoms with Gasteiger partial charge in [0.05, 0.1) is 0 Å². The highest BCUT2D eigenvalue weighted by Crippen LogP contribution is 2.27. The maximum atomic E-state index is 12.4. The smallest absolute Gasteiger partial charge is 0.326 e. The van der Waals surface area contributed by atoms with Crippen LogP contribution >= 0.6 is 0 Å². The Bertz CT molecular complexity index is 345. The number of hydrogen-bond acceptors (Lipinski definition) is 2. The van der Waals surface area contributed by atoms with Gasteiger partial charge in [0.15, 0.2) is 0 Å². The van der Waals surface area contributed by atoms with E-state index >= 15 is 0 Å². The van der Waals surface area contributed by atoms with E-state index in [1.54, 1.807) is 4.90 Å². The van der Waals surface area contributed by atoms with E-state index in [9.17, 15) is 14.7 Å². The van der Waals surface area contributed by atoms with E-state index in [2.05, 4.69) is 6.92 Å². The first-order valence-electron chi connectivity index (χ1n) is 6.83. The van der Waals surface area contributed by atoms with Gasteiger partial charge >= 0.3 is 12.0 Å². The van der Waals surface area contributed by atoms with Gasteiger partial charge in [-0.1, -0.05) is 20.3 Å². The summed E-state index contributed by atoms with van der Waals surface area (Å²) in [5.41, 5.74) is 0. The van der Waals surface area contributed by atoms with Crippen LogP contribution in [0.3, 0.4) is 0 Å². The Labute approximate surface area is 108 Å². The van der Waals surface area contributed by atoms with Crippen LogP contribution in [0.15, 0.2) is 0 Å². The number of carboxylic acids is 1. The van der Waals surface area contributed by atoms with Crippen LogP contribution in [0.2, 0.25) is 0 Å². The lowest BCUT2D eigenvalue weighted by Gasteiger charge is -2.28. The minimum absolute atomic E-state index is 0.0519. The molecular weight excluding hydrogens is 232 g/mol. The normalized spacial score (nSPS) is 32.0. The lowest BCUT2D eigenvalue weighted by molar-refractivity contribution is -0.142. The molecule has 2 amide bonds. The lowest BCUT2D eigenvalue weighted by Crippen LogP contribution is -2.48. The van der Waals surface area contributed by atoms with Crippen molar-refractivity contribution >= 4 is 12.0 Å². The molecule has 2 rings (SSSR count). The molecule has 1 N–H and O–H groups in total.